The normalized spacial score (nSPS) is 12.4. The van der Waals surface area contributed by atoms with Crippen LogP contribution in [-0.2, 0) is 30.4 Å². The molecule has 0 aliphatic rings. The van der Waals surface area contributed by atoms with Crippen molar-refractivity contribution in [3.63, 3.8) is 0 Å². The van der Waals surface area contributed by atoms with E-state index in [4.69, 9.17) is 11.5 Å². The first-order valence-electron chi connectivity index (χ1n) is 15.7. The second-order valence-electron chi connectivity index (χ2n) is 11.8. The quantitative estimate of drug-likeness (QED) is 0.0267. The van der Waals surface area contributed by atoms with Crippen LogP contribution in [0.5, 0.6) is 11.5 Å². The Hall–Kier alpha value is -5.89. The third kappa shape index (κ3) is 9.79. The van der Waals surface area contributed by atoms with E-state index in [1.54, 1.807) is 18.2 Å². The van der Waals surface area contributed by atoms with E-state index in [0.717, 1.165) is 12.1 Å². The molecule has 10 N–H and O–H groups in total. The number of phenols is 2. The summed E-state index contributed by atoms with van der Waals surface area (Å²) in [5, 5.41) is 46.2. The van der Waals surface area contributed by atoms with Crippen molar-refractivity contribution in [2.24, 2.45) is 30.7 Å². The largest absolute Gasteiger partial charge is 0.508 e. The predicted molar refractivity (Wildman–Crippen MR) is 213 cm³/mol. The van der Waals surface area contributed by atoms with Crippen LogP contribution in [0.25, 0.3) is 10.8 Å². The van der Waals surface area contributed by atoms with Gasteiger partial charge in [-0.1, -0.05) is 18.2 Å². The van der Waals surface area contributed by atoms with Gasteiger partial charge in [-0.3, -0.25) is 13.7 Å². The van der Waals surface area contributed by atoms with Crippen molar-refractivity contribution >= 4 is 128 Å². The summed E-state index contributed by atoms with van der Waals surface area (Å²) in [7, 11) is -15.3. The topological polar surface area (TPSA) is 342 Å². The number of nitrogens with zero attached hydrogens (tertiary/aromatic N) is 6. The van der Waals surface area contributed by atoms with Gasteiger partial charge < -0.3 is 27.0 Å². The van der Waals surface area contributed by atoms with E-state index in [0.29, 0.717) is 23.1 Å². The van der Waals surface area contributed by atoms with E-state index in [1.807, 2.05) is 0 Å². The van der Waals surface area contributed by atoms with Crippen molar-refractivity contribution in [3.8, 4) is 11.5 Å². The molecule has 0 aromatic heterocycles. The van der Waals surface area contributed by atoms with Crippen LogP contribution in [0, 0.1) is 0 Å². The zero-order valence-corrected chi connectivity index (χ0v) is 34.0. The molecular formula is C34H27N9NaO11S3. The summed E-state index contributed by atoms with van der Waals surface area (Å²) in [4.78, 5) is -2.68. The SMILES string of the molecule is Nc1cc(O)ccc1N=Nc1ccc(Nc2ccc(N=Nc3c(S(=O)(=O)O)cc4cc(S(=O)(=O)O)c(N=Nc5ccccc5)c(O)c4c3N)cc2S(=O)(=O)O)cc1.[Na]. The summed E-state index contributed by atoms with van der Waals surface area (Å²) in [5.74, 6) is -1.01. The number of nitrogens with one attached hydrogen (secondary N) is 1. The van der Waals surface area contributed by atoms with E-state index >= 15 is 0 Å². The van der Waals surface area contributed by atoms with Gasteiger partial charge in [-0.05, 0) is 84.2 Å². The maximum absolute atomic E-state index is 12.5. The molecule has 0 unspecified atom stereocenters. The van der Waals surface area contributed by atoms with Gasteiger partial charge in [0.1, 0.15) is 37.5 Å². The molecule has 20 nitrogen and oxygen atoms in total. The van der Waals surface area contributed by atoms with E-state index in [2.05, 4.69) is 36.0 Å². The molecule has 0 spiro atoms. The van der Waals surface area contributed by atoms with Gasteiger partial charge in [0.15, 0.2) is 5.75 Å². The number of nitrogens with two attached hydrogens (primary N) is 2. The van der Waals surface area contributed by atoms with Crippen LogP contribution >= 0.6 is 0 Å². The van der Waals surface area contributed by atoms with Crippen LogP contribution in [0.4, 0.5) is 56.9 Å². The van der Waals surface area contributed by atoms with Crippen molar-refractivity contribution in [1.82, 2.24) is 0 Å². The number of aromatic hydroxyl groups is 2. The van der Waals surface area contributed by atoms with E-state index < -0.39 is 78.6 Å². The molecule has 0 bridgehead atoms. The van der Waals surface area contributed by atoms with Crippen molar-refractivity contribution < 1.29 is 49.1 Å². The number of anilines is 4. The predicted octanol–water partition coefficient (Wildman–Crippen LogP) is 7.76. The first-order valence-corrected chi connectivity index (χ1v) is 20.1. The molecule has 0 saturated heterocycles. The molecule has 24 heteroatoms. The Morgan fingerprint density at radius 1 is 0.534 bits per heavy atom. The molecule has 0 heterocycles. The van der Waals surface area contributed by atoms with Gasteiger partial charge in [-0.15, -0.1) is 15.3 Å². The monoisotopic (exact) mass is 856 g/mol. The van der Waals surface area contributed by atoms with Crippen molar-refractivity contribution in [2.45, 2.75) is 14.7 Å². The van der Waals surface area contributed by atoms with Crippen LogP contribution < -0.4 is 16.8 Å². The number of hydrogen-bond donors (Lipinski definition) is 8. The summed E-state index contributed by atoms with van der Waals surface area (Å²) in [6, 6.07) is 22.9. The zero-order chi connectivity index (χ0) is 41.3. The van der Waals surface area contributed by atoms with Gasteiger partial charge in [-0.2, -0.15) is 40.6 Å². The number of azo groups is 3. The van der Waals surface area contributed by atoms with E-state index in [-0.39, 0.29) is 58.1 Å². The van der Waals surface area contributed by atoms with Crippen molar-refractivity contribution in [3.05, 3.63) is 103 Å². The van der Waals surface area contributed by atoms with Gasteiger partial charge in [0, 0.05) is 41.3 Å². The Morgan fingerprint density at radius 2 is 1.07 bits per heavy atom. The molecule has 0 amide bonds. The number of fused-ring (bicyclic) bond motifs is 1. The Morgan fingerprint density at radius 3 is 1.67 bits per heavy atom. The molecular weight excluding hydrogens is 830 g/mol. The Bertz CT molecular complexity index is 3010. The maximum atomic E-state index is 12.5. The van der Waals surface area contributed by atoms with Crippen LogP contribution in [0.1, 0.15) is 0 Å². The average Bonchev–Trinajstić information content (AvgIpc) is 3.13. The number of phenolic OH excluding ortho intramolecular Hbond substituents is 2. The minimum atomic E-state index is -5.21. The Labute approximate surface area is 351 Å². The van der Waals surface area contributed by atoms with E-state index in [1.165, 1.54) is 66.7 Å². The van der Waals surface area contributed by atoms with Crippen molar-refractivity contribution in [2.75, 3.05) is 16.8 Å². The minimum Gasteiger partial charge on any atom is -0.508 e. The molecule has 0 aliphatic carbocycles. The van der Waals surface area contributed by atoms with Crippen molar-refractivity contribution in [1.29, 1.82) is 0 Å². The van der Waals surface area contributed by atoms with Crippen LogP contribution in [0.15, 0.2) is 149 Å². The molecule has 6 rings (SSSR count). The smallest absolute Gasteiger partial charge is 0.296 e. The first kappa shape index (κ1) is 43.2. The third-order valence-corrected chi connectivity index (χ3v) is 10.5. The van der Waals surface area contributed by atoms with Gasteiger partial charge >= 0.3 is 0 Å². The molecule has 0 aliphatic heterocycles. The summed E-state index contributed by atoms with van der Waals surface area (Å²) < 4.78 is 105. The third-order valence-electron chi connectivity index (χ3n) is 7.83. The number of rotatable bonds is 11. The molecule has 293 valence electrons. The number of benzene rings is 6. The fourth-order valence-electron chi connectivity index (χ4n) is 5.22. The van der Waals surface area contributed by atoms with Crippen LogP contribution in [0.3, 0.4) is 0 Å². The summed E-state index contributed by atoms with van der Waals surface area (Å²) in [6.45, 7) is 0. The minimum absolute atomic E-state index is 0. The molecule has 6 aromatic carbocycles. The van der Waals surface area contributed by atoms with Crippen LogP contribution in [0.2, 0.25) is 0 Å². The average molecular weight is 857 g/mol. The standard InChI is InChI=1S/C34H27N9O11S3.Na/c35-24-17-23(44)11-13-25(24)41-38-21-8-6-19(7-9-21)37-26-12-10-22(16-27(26)55(46,47)48)40-42-32-28(56(49,50)51)14-18-15-29(57(52,53)54)33(34(45)30(18)31(32)36)43-39-20-4-2-1-3-5-20;/h1-17,37,44-45H,35-36H2,(H,46,47,48)(H,49,50,51)(H,52,53,54);. The second-order valence-corrected chi connectivity index (χ2v) is 15.9. The van der Waals surface area contributed by atoms with Gasteiger partial charge in [0.2, 0.25) is 0 Å². The zero-order valence-electron chi connectivity index (χ0n) is 29.6. The van der Waals surface area contributed by atoms with Gasteiger partial charge in [-0.25, -0.2) is 0 Å². The van der Waals surface area contributed by atoms with Crippen LogP contribution in [-0.4, -0.2) is 78.7 Å². The first-order chi connectivity index (χ1) is 26.8. The Balaban J connectivity index is 0.00000641. The van der Waals surface area contributed by atoms with Gasteiger partial charge in [0.05, 0.1) is 39.5 Å². The van der Waals surface area contributed by atoms with E-state index in [9.17, 15) is 49.1 Å². The number of nitrogen functional groups attached to an aromatic ring is 2. The molecule has 0 fully saturated rings. The molecule has 0 atom stereocenters. The maximum Gasteiger partial charge on any atom is 0.296 e. The second kappa shape index (κ2) is 16.9. The fraction of sp³-hybridized carbons (Fsp3) is 0. The number of hydrogen-bond acceptors (Lipinski definition) is 17. The molecule has 1 radical (unpaired) electrons. The molecule has 0 saturated carbocycles. The molecule has 6 aromatic rings. The van der Waals surface area contributed by atoms with Gasteiger partial charge in [0.25, 0.3) is 30.4 Å². The summed E-state index contributed by atoms with van der Waals surface area (Å²) in [6.07, 6.45) is 0. The fourth-order valence-corrected chi connectivity index (χ4v) is 7.21. The Kier molecular flexibility index (Phi) is 12.6. The summed E-state index contributed by atoms with van der Waals surface area (Å²) >= 11 is 0. The summed E-state index contributed by atoms with van der Waals surface area (Å²) in [5.41, 5.74) is 10.9. The molecule has 58 heavy (non-hydrogen) atoms.